The quantitative estimate of drug-likeness (QED) is 0.589. The summed E-state index contributed by atoms with van der Waals surface area (Å²) in [5.41, 5.74) is 0. The van der Waals surface area contributed by atoms with Gasteiger partial charge < -0.3 is 5.32 Å². The van der Waals surface area contributed by atoms with Crippen LogP contribution in [0.25, 0.3) is 6.08 Å². The first-order chi connectivity index (χ1) is 6.25. The molecule has 2 rings (SSSR count). The largest absolute Gasteiger partial charge is 0.307 e. The molecule has 13 heavy (non-hydrogen) atoms. The third-order valence-electron chi connectivity index (χ3n) is 1.46. The van der Waals surface area contributed by atoms with Gasteiger partial charge in [-0.05, 0) is 17.5 Å². The van der Waals surface area contributed by atoms with Gasteiger partial charge in [-0.25, -0.2) is 0 Å². The van der Waals surface area contributed by atoms with Gasteiger partial charge in [-0.15, -0.1) is 11.3 Å². The van der Waals surface area contributed by atoms with E-state index >= 15 is 0 Å². The van der Waals surface area contributed by atoms with Gasteiger partial charge in [0.2, 0.25) is 0 Å². The van der Waals surface area contributed by atoms with E-state index in [0.29, 0.717) is 9.23 Å². The molecule has 2 nitrogen and oxygen atoms in total. The Morgan fingerprint density at radius 1 is 1.54 bits per heavy atom. The molecular formula is C8H5NOS3. The van der Waals surface area contributed by atoms with E-state index in [1.165, 1.54) is 11.8 Å². The highest BCUT2D eigenvalue weighted by atomic mass is 32.2. The van der Waals surface area contributed by atoms with E-state index in [2.05, 4.69) is 5.32 Å². The molecule has 1 aromatic heterocycles. The van der Waals surface area contributed by atoms with Crippen LogP contribution in [0.5, 0.6) is 0 Å². The number of thiocarbonyl (C=S) groups is 1. The van der Waals surface area contributed by atoms with Crippen molar-refractivity contribution in [1.29, 1.82) is 0 Å². The highest BCUT2D eigenvalue weighted by Gasteiger charge is 2.21. The standard InChI is InChI=1S/C8H5NOS3/c10-7-6(13-8(11)9-7)4-5-2-1-3-12-5/h1-4H,(H,9,10,11)/b6-4-. The van der Waals surface area contributed by atoms with E-state index in [0.717, 1.165) is 4.88 Å². The maximum Gasteiger partial charge on any atom is 0.263 e. The minimum atomic E-state index is -0.0941. The Balaban J connectivity index is 2.27. The van der Waals surface area contributed by atoms with Gasteiger partial charge in [0, 0.05) is 4.88 Å². The molecule has 0 saturated carbocycles. The van der Waals surface area contributed by atoms with Gasteiger partial charge in [-0.2, -0.15) is 0 Å². The highest BCUT2D eigenvalue weighted by molar-refractivity contribution is 8.26. The molecule has 0 radical (unpaired) electrons. The van der Waals surface area contributed by atoms with E-state index in [1.54, 1.807) is 11.3 Å². The van der Waals surface area contributed by atoms with Crippen LogP contribution < -0.4 is 5.32 Å². The fraction of sp³-hybridized carbons (Fsp3) is 0. The summed E-state index contributed by atoms with van der Waals surface area (Å²) in [5, 5.41) is 4.55. The number of thioether (sulfide) groups is 1. The Kier molecular flexibility index (Phi) is 2.48. The highest BCUT2D eigenvalue weighted by Crippen LogP contribution is 2.26. The number of hydrogen-bond donors (Lipinski definition) is 1. The van der Waals surface area contributed by atoms with Gasteiger partial charge in [0.25, 0.3) is 5.91 Å². The Morgan fingerprint density at radius 3 is 2.92 bits per heavy atom. The second-order valence-electron chi connectivity index (χ2n) is 2.37. The molecular weight excluding hydrogens is 222 g/mol. The van der Waals surface area contributed by atoms with Crippen LogP contribution in [0.4, 0.5) is 0 Å². The van der Waals surface area contributed by atoms with E-state index < -0.39 is 0 Å². The SMILES string of the molecule is O=C1NC(=S)S/C1=C\c1cccs1. The molecule has 1 aliphatic rings. The van der Waals surface area contributed by atoms with Crippen molar-refractivity contribution in [3.8, 4) is 0 Å². The van der Waals surface area contributed by atoms with Crippen LogP contribution in [-0.2, 0) is 4.79 Å². The maximum atomic E-state index is 11.2. The van der Waals surface area contributed by atoms with Crippen LogP contribution in [0, 0.1) is 0 Å². The van der Waals surface area contributed by atoms with Crippen LogP contribution in [-0.4, -0.2) is 10.2 Å². The van der Waals surface area contributed by atoms with Crippen molar-refractivity contribution < 1.29 is 4.79 Å². The number of nitrogens with one attached hydrogen (secondary N) is 1. The summed E-state index contributed by atoms with van der Waals surface area (Å²) in [7, 11) is 0. The Bertz CT molecular complexity index is 380. The van der Waals surface area contributed by atoms with Crippen molar-refractivity contribution in [3.05, 3.63) is 27.3 Å². The van der Waals surface area contributed by atoms with Crippen molar-refractivity contribution in [3.63, 3.8) is 0 Å². The summed E-state index contributed by atoms with van der Waals surface area (Å²) in [5.74, 6) is -0.0941. The molecule has 1 fully saturated rings. The van der Waals surface area contributed by atoms with Crippen LogP contribution in [0.15, 0.2) is 22.4 Å². The fourth-order valence-electron chi connectivity index (χ4n) is 0.924. The first-order valence-corrected chi connectivity index (χ1v) is 5.64. The number of carbonyl (C=O) groups excluding carboxylic acids is 1. The minimum absolute atomic E-state index is 0.0941. The molecule has 0 aliphatic carbocycles. The van der Waals surface area contributed by atoms with Gasteiger partial charge in [0.15, 0.2) is 0 Å². The zero-order chi connectivity index (χ0) is 9.26. The molecule has 1 amide bonds. The molecule has 0 atom stereocenters. The summed E-state index contributed by atoms with van der Waals surface area (Å²) in [4.78, 5) is 13.0. The summed E-state index contributed by atoms with van der Waals surface area (Å²) in [6, 6.07) is 3.92. The van der Waals surface area contributed by atoms with Crippen molar-refractivity contribution in [2.75, 3.05) is 0 Å². The van der Waals surface area contributed by atoms with Gasteiger partial charge in [0.05, 0.1) is 4.91 Å². The first kappa shape index (κ1) is 8.93. The number of hydrogen-bond acceptors (Lipinski definition) is 4. The lowest BCUT2D eigenvalue weighted by Gasteiger charge is -1.87. The van der Waals surface area contributed by atoms with Crippen molar-refractivity contribution in [1.82, 2.24) is 5.32 Å². The number of thiophene rings is 1. The minimum Gasteiger partial charge on any atom is -0.307 e. The van der Waals surface area contributed by atoms with Crippen LogP contribution >= 0.6 is 35.3 Å². The Hall–Kier alpha value is -0.650. The molecule has 0 spiro atoms. The molecule has 0 unspecified atom stereocenters. The molecule has 1 saturated heterocycles. The Morgan fingerprint density at radius 2 is 2.38 bits per heavy atom. The third-order valence-corrected chi connectivity index (χ3v) is 3.44. The van der Waals surface area contributed by atoms with Gasteiger partial charge in [-0.3, -0.25) is 4.79 Å². The van der Waals surface area contributed by atoms with E-state index in [9.17, 15) is 4.79 Å². The lowest BCUT2D eigenvalue weighted by atomic mass is 10.4. The number of carbonyl (C=O) groups is 1. The Labute approximate surface area is 89.0 Å². The lowest BCUT2D eigenvalue weighted by Crippen LogP contribution is -2.17. The predicted molar refractivity (Wildman–Crippen MR) is 60.6 cm³/mol. The topological polar surface area (TPSA) is 29.1 Å². The van der Waals surface area contributed by atoms with E-state index in [-0.39, 0.29) is 5.91 Å². The average molecular weight is 227 g/mol. The summed E-state index contributed by atoms with van der Waals surface area (Å²) in [6.45, 7) is 0. The predicted octanol–water partition coefficient (Wildman–Crippen LogP) is 2.24. The van der Waals surface area contributed by atoms with Gasteiger partial charge >= 0.3 is 0 Å². The average Bonchev–Trinajstić information content (AvgIpc) is 2.63. The second kappa shape index (κ2) is 3.61. The molecule has 0 bridgehead atoms. The zero-order valence-corrected chi connectivity index (χ0v) is 8.89. The monoisotopic (exact) mass is 227 g/mol. The second-order valence-corrected chi connectivity index (χ2v) is 5.07. The number of rotatable bonds is 1. The van der Waals surface area contributed by atoms with E-state index in [1.807, 2.05) is 23.6 Å². The molecule has 1 aliphatic heterocycles. The summed E-state index contributed by atoms with van der Waals surface area (Å²) < 4.78 is 0.535. The number of amides is 1. The van der Waals surface area contributed by atoms with Crippen molar-refractivity contribution in [2.24, 2.45) is 0 Å². The molecule has 2 heterocycles. The first-order valence-electron chi connectivity index (χ1n) is 3.54. The van der Waals surface area contributed by atoms with Crippen LogP contribution in [0.3, 0.4) is 0 Å². The normalized spacial score (nSPS) is 19.5. The molecule has 1 N–H and O–H groups in total. The van der Waals surface area contributed by atoms with E-state index in [4.69, 9.17) is 12.2 Å². The fourth-order valence-corrected chi connectivity index (χ4v) is 2.69. The molecule has 0 aromatic carbocycles. The van der Waals surface area contributed by atoms with Crippen molar-refractivity contribution in [2.45, 2.75) is 0 Å². The molecule has 1 aromatic rings. The summed E-state index contributed by atoms with van der Waals surface area (Å²) in [6.07, 6.45) is 1.85. The summed E-state index contributed by atoms with van der Waals surface area (Å²) >= 11 is 7.77. The zero-order valence-electron chi connectivity index (χ0n) is 6.44. The van der Waals surface area contributed by atoms with Gasteiger partial charge in [-0.1, -0.05) is 30.0 Å². The van der Waals surface area contributed by atoms with Crippen molar-refractivity contribution >= 4 is 51.6 Å². The van der Waals surface area contributed by atoms with Crippen LogP contribution in [0.1, 0.15) is 4.88 Å². The maximum absolute atomic E-state index is 11.2. The molecule has 66 valence electrons. The smallest absolute Gasteiger partial charge is 0.263 e. The third kappa shape index (κ3) is 1.99. The van der Waals surface area contributed by atoms with Gasteiger partial charge in [0.1, 0.15) is 4.32 Å². The van der Waals surface area contributed by atoms with Crippen LogP contribution in [0.2, 0.25) is 0 Å². The lowest BCUT2D eigenvalue weighted by molar-refractivity contribution is -0.115. The molecule has 5 heteroatoms.